The van der Waals surface area contributed by atoms with E-state index in [1.165, 1.54) is 0 Å². The van der Waals surface area contributed by atoms with Crippen LogP contribution in [-0.4, -0.2) is 34.7 Å². The van der Waals surface area contributed by atoms with Crippen LogP contribution < -0.4 is 5.73 Å². The van der Waals surface area contributed by atoms with Gasteiger partial charge >= 0.3 is 0 Å². The molecule has 1 aliphatic heterocycles. The van der Waals surface area contributed by atoms with Crippen molar-refractivity contribution in [3.8, 4) is 0 Å². The van der Waals surface area contributed by atoms with Crippen molar-refractivity contribution in [3.63, 3.8) is 0 Å². The summed E-state index contributed by atoms with van der Waals surface area (Å²) < 4.78 is 6.94. The Hall–Kier alpha value is -1.07. The Balaban J connectivity index is 2.13. The number of anilines is 1. The molecule has 14 heavy (non-hydrogen) atoms. The molecule has 1 fully saturated rings. The van der Waals surface area contributed by atoms with Gasteiger partial charge in [0.25, 0.3) is 0 Å². The van der Waals surface area contributed by atoms with E-state index in [1.807, 2.05) is 11.6 Å². The Morgan fingerprint density at radius 3 is 2.79 bits per heavy atom. The first-order chi connectivity index (χ1) is 6.67. The fourth-order valence-corrected chi connectivity index (χ4v) is 1.56. The first-order valence-corrected chi connectivity index (χ1v) is 4.63. The van der Waals surface area contributed by atoms with Gasteiger partial charge in [0.1, 0.15) is 0 Å². The second-order valence-corrected chi connectivity index (χ2v) is 3.99. The average molecular weight is 197 g/mol. The Morgan fingerprint density at radius 1 is 1.71 bits per heavy atom. The summed E-state index contributed by atoms with van der Waals surface area (Å²) in [6, 6.07) is 0. The van der Waals surface area contributed by atoms with Crippen LogP contribution in [0.4, 0.5) is 5.69 Å². The highest BCUT2D eigenvalue weighted by Crippen LogP contribution is 2.29. The van der Waals surface area contributed by atoms with Gasteiger partial charge in [-0.05, 0) is 6.92 Å². The number of ether oxygens (including phenoxy) is 1. The minimum atomic E-state index is -0.150. The summed E-state index contributed by atoms with van der Waals surface area (Å²) >= 11 is 0. The maximum atomic E-state index is 9.24. The standard InChI is InChI=1S/C9H15N3O2/c1-7-8(10)2-11-12(7)3-9(4-13)5-14-6-9/h2,13H,3-6,10H2,1H3. The van der Waals surface area contributed by atoms with Crippen molar-refractivity contribution >= 4 is 5.69 Å². The highest BCUT2D eigenvalue weighted by atomic mass is 16.5. The SMILES string of the molecule is Cc1c(N)cnn1CC1(CO)COC1. The average Bonchev–Trinajstić information content (AvgIpc) is 2.42. The fourth-order valence-electron chi connectivity index (χ4n) is 1.56. The van der Waals surface area contributed by atoms with Crippen molar-refractivity contribution in [2.75, 3.05) is 25.6 Å². The number of hydrogen-bond acceptors (Lipinski definition) is 4. The van der Waals surface area contributed by atoms with Crippen molar-refractivity contribution in [1.29, 1.82) is 0 Å². The predicted octanol–water partition coefficient (Wildman–Crippen LogP) is -0.217. The van der Waals surface area contributed by atoms with E-state index in [2.05, 4.69) is 5.10 Å². The molecule has 0 atom stereocenters. The van der Waals surface area contributed by atoms with E-state index in [0.717, 1.165) is 5.69 Å². The predicted molar refractivity (Wildman–Crippen MR) is 51.7 cm³/mol. The Bertz CT molecular complexity index is 325. The van der Waals surface area contributed by atoms with E-state index in [4.69, 9.17) is 10.5 Å². The Labute approximate surface area is 82.5 Å². The van der Waals surface area contributed by atoms with Gasteiger partial charge < -0.3 is 15.6 Å². The molecule has 0 aromatic carbocycles. The van der Waals surface area contributed by atoms with E-state index < -0.39 is 0 Å². The molecule has 0 spiro atoms. The number of nitrogen functional groups attached to an aromatic ring is 1. The van der Waals surface area contributed by atoms with E-state index >= 15 is 0 Å². The van der Waals surface area contributed by atoms with Gasteiger partial charge in [0, 0.05) is 0 Å². The monoisotopic (exact) mass is 197 g/mol. The molecule has 0 bridgehead atoms. The van der Waals surface area contributed by atoms with Crippen LogP contribution in [0.1, 0.15) is 5.69 Å². The lowest BCUT2D eigenvalue weighted by Crippen LogP contribution is -2.49. The normalized spacial score (nSPS) is 19.3. The van der Waals surface area contributed by atoms with Gasteiger partial charge in [-0.3, -0.25) is 4.68 Å². The minimum Gasteiger partial charge on any atom is -0.396 e. The van der Waals surface area contributed by atoms with Gasteiger partial charge in [0.05, 0.1) is 49.4 Å². The third-order valence-electron chi connectivity index (χ3n) is 2.78. The topological polar surface area (TPSA) is 73.3 Å². The van der Waals surface area contributed by atoms with Crippen LogP contribution >= 0.6 is 0 Å². The molecule has 0 aliphatic carbocycles. The number of rotatable bonds is 3. The molecule has 0 unspecified atom stereocenters. The molecule has 0 radical (unpaired) electrons. The molecule has 1 saturated heterocycles. The highest BCUT2D eigenvalue weighted by Gasteiger charge is 2.39. The van der Waals surface area contributed by atoms with Crippen LogP contribution in [0.2, 0.25) is 0 Å². The van der Waals surface area contributed by atoms with Gasteiger partial charge in [-0.15, -0.1) is 0 Å². The van der Waals surface area contributed by atoms with Gasteiger partial charge in [0.15, 0.2) is 0 Å². The summed E-state index contributed by atoms with van der Waals surface area (Å²) in [5.74, 6) is 0. The van der Waals surface area contributed by atoms with Gasteiger partial charge in [-0.2, -0.15) is 5.10 Å². The van der Waals surface area contributed by atoms with Crippen LogP contribution in [0.5, 0.6) is 0 Å². The summed E-state index contributed by atoms with van der Waals surface area (Å²) in [5, 5.41) is 13.4. The summed E-state index contributed by atoms with van der Waals surface area (Å²) in [5.41, 5.74) is 7.18. The van der Waals surface area contributed by atoms with E-state index in [9.17, 15) is 5.11 Å². The molecule has 1 aromatic rings. The summed E-state index contributed by atoms with van der Waals surface area (Å²) in [6.07, 6.45) is 1.64. The molecular formula is C9H15N3O2. The van der Waals surface area contributed by atoms with Crippen molar-refractivity contribution in [1.82, 2.24) is 9.78 Å². The molecule has 2 rings (SSSR count). The Kier molecular flexibility index (Phi) is 2.20. The minimum absolute atomic E-state index is 0.131. The number of aromatic nitrogens is 2. The lowest BCUT2D eigenvalue weighted by atomic mass is 9.87. The summed E-state index contributed by atoms with van der Waals surface area (Å²) in [6.45, 7) is 3.93. The number of nitrogens with zero attached hydrogens (tertiary/aromatic N) is 2. The molecule has 5 heteroatoms. The van der Waals surface area contributed by atoms with Crippen LogP contribution in [-0.2, 0) is 11.3 Å². The van der Waals surface area contributed by atoms with Gasteiger partial charge in [-0.1, -0.05) is 0 Å². The van der Waals surface area contributed by atoms with E-state index in [1.54, 1.807) is 6.20 Å². The second-order valence-electron chi connectivity index (χ2n) is 3.99. The lowest BCUT2D eigenvalue weighted by molar-refractivity contribution is -0.146. The second kappa shape index (κ2) is 3.25. The zero-order chi connectivity index (χ0) is 10.2. The van der Waals surface area contributed by atoms with E-state index in [0.29, 0.717) is 25.4 Å². The van der Waals surface area contributed by atoms with Crippen molar-refractivity contribution < 1.29 is 9.84 Å². The van der Waals surface area contributed by atoms with E-state index in [-0.39, 0.29) is 12.0 Å². The maximum Gasteiger partial charge on any atom is 0.0730 e. The Morgan fingerprint density at radius 2 is 2.43 bits per heavy atom. The number of nitrogens with two attached hydrogens (primary N) is 1. The molecule has 0 amide bonds. The van der Waals surface area contributed by atoms with Crippen LogP contribution in [0.3, 0.4) is 0 Å². The third kappa shape index (κ3) is 1.38. The summed E-state index contributed by atoms with van der Waals surface area (Å²) in [4.78, 5) is 0. The van der Waals surface area contributed by atoms with Gasteiger partial charge in [0.2, 0.25) is 0 Å². The quantitative estimate of drug-likeness (QED) is 0.702. The molecule has 1 aliphatic rings. The smallest absolute Gasteiger partial charge is 0.0730 e. The lowest BCUT2D eigenvalue weighted by Gasteiger charge is -2.39. The largest absolute Gasteiger partial charge is 0.396 e. The maximum absolute atomic E-state index is 9.24. The molecule has 2 heterocycles. The number of hydrogen-bond donors (Lipinski definition) is 2. The first-order valence-electron chi connectivity index (χ1n) is 4.63. The molecule has 5 nitrogen and oxygen atoms in total. The number of aliphatic hydroxyl groups excluding tert-OH is 1. The summed E-state index contributed by atoms with van der Waals surface area (Å²) in [7, 11) is 0. The molecule has 1 aromatic heterocycles. The first kappa shape index (κ1) is 9.48. The third-order valence-corrected chi connectivity index (χ3v) is 2.78. The van der Waals surface area contributed by atoms with Crippen molar-refractivity contribution in [3.05, 3.63) is 11.9 Å². The van der Waals surface area contributed by atoms with Gasteiger partial charge in [-0.25, -0.2) is 0 Å². The molecule has 0 saturated carbocycles. The molecular weight excluding hydrogens is 182 g/mol. The van der Waals surface area contributed by atoms with Crippen LogP contribution in [0.15, 0.2) is 6.20 Å². The highest BCUT2D eigenvalue weighted by molar-refractivity contribution is 5.39. The van der Waals surface area contributed by atoms with Crippen LogP contribution in [0.25, 0.3) is 0 Å². The zero-order valence-electron chi connectivity index (χ0n) is 8.23. The molecule has 3 N–H and O–H groups in total. The zero-order valence-corrected chi connectivity index (χ0v) is 8.23. The van der Waals surface area contributed by atoms with Crippen molar-refractivity contribution in [2.45, 2.75) is 13.5 Å². The number of aliphatic hydroxyl groups is 1. The molecule has 78 valence electrons. The van der Waals surface area contributed by atoms with Crippen LogP contribution in [0, 0.1) is 12.3 Å². The van der Waals surface area contributed by atoms with Crippen molar-refractivity contribution in [2.24, 2.45) is 5.41 Å². The fraction of sp³-hybridized carbons (Fsp3) is 0.667.